The minimum absolute atomic E-state index is 0.405. The molecule has 1 aromatic heterocycles. The van der Waals surface area contributed by atoms with Gasteiger partial charge in [0, 0.05) is 19.1 Å². The molecule has 0 amide bonds. The van der Waals surface area contributed by atoms with Gasteiger partial charge < -0.3 is 15.0 Å². The summed E-state index contributed by atoms with van der Waals surface area (Å²) in [6.07, 6.45) is 1.04. The Hall–Kier alpha value is -0.940. The summed E-state index contributed by atoms with van der Waals surface area (Å²) in [5.41, 5.74) is 5.58. The van der Waals surface area contributed by atoms with Crippen molar-refractivity contribution in [2.24, 2.45) is 5.73 Å². The van der Waals surface area contributed by atoms with Crippen LogP contribution in [0.3, 0.4) is 0 Å². The molecule has 1 aliphatic rings. The van der Waals surface area contributed by atoms with Crippen molar-refractivity contribution in [1.29, 1.82) is 0 Å². The summed E-state index contributed by atoms with van der Waals surface area (Å²) in [4.78, 5) is 0. The van der Waals surface area contributed by atoms with Crippen molar-refractivity contribution in [1.82, 2.24) is 14.8 Å². The van der Waals surface area contributed by atoms with Gasteiger partial charge in [0.1, 0.15) is 11.6 Å². The van der Waals surface area contributed by atoms with E-state index in [4.69, 9.17) is 10.5 Å². The quantitative estimate of drug-likeness (QED) is 0.753. The number of ether oxygens (including phenoxy) is 1. The number of hydrogen-bond acceptors (Lipinski definition) is 4. The average Bonchev–Trinajstić information content (AvgIpc) is 2.85. The van der Waals surface area contributed by atoms with Gasteiger partial charge >= 0.3 is 0 Å². The summed E-state index contributed by atoms with van der Waals surface area (Å²) in [5.74, 6) is 2.31. The smallest absolute Gasteiger partial charge is 0.146 e. The maximum atomic E-state index is 5.58. The van der Waals surface area contributed by atoms with E-state index in [1.54, 1.807) is 0 Å². The van der Waals surface area contributed by atoms with Gasteiger partial charge in [-0.2, -0.15) is 0 Å². The molecule has 0 aliphatic carbocycles. The maximum absolute atomic E-state index is 5.58. The Morgan fingerprint density at radius 1 is 1.57 bits per heavy atom. The van der Waals surface area contributed by atoms with Gasteiger partial charge in [0.15, 0.2) is 0 Å². The molecule has 1 aromatic rings. The third-order valence-electron chi connectivity index (χ3n) is 2.65. The third kappa shape index (κ3) is 1.53. The fourth-order valence-corrected chi connectivity index (χ4v) is 1.88. The Morgan fingerprint density at radius 3 is 3.00 bits per heavy atom. The number of nitrogens with zero attached hydrogens (tertiary/aromatic N) is 3. The molecule has 1 aliphatic heterocycles. The van der Waals surface area contributed by atoms with Gasteiger partial charge in [-0.05, 0) is 13.3 Å². The zero-order chi connectivity index (χ0) is 9.97. The minimum atomic E-state index is 0.405. The van der Waals surface area contributed by atoms with Crippen LogP contribution in [-0.2, 0) is 17.8 Å². The minimum Gasteiger partial charge on any atom is -0.381 e. The second-order valence-electron chi connectivity index (χ2n) is 3.48. The molecule has 0 saturated carbocycles. The maximum Gasteiger partial charge on any atom is 0.146 e. The first-order chi connectivity index (χ1) is 6.86. The first-order valence-corrected chi connectivity index (χ1v) is 5.06. The topological polar surface area (TPSA) is 66.0 Å². The second-order valence-corrected chi connectivity index (χ2v) is 3.48. The molecule has 0 bridgehead atoms. The Balaban J connectivity index is 2.27. The highest BCUT2D eigenvalue weighted by Gasteiger charge is 2.24. The lowest BCUT2D eigenvalue weighted by Gasteiger charge is -2.09. The highest BCUT2D eigenvalue weighted by atomic mass is 16.5. The van der Waals surface area contributed by atoms with Crippen molar-refractivity contribution in [3.8, 4) is 0 Å². The van der Waals surface area contributed by atoms with Crippen LogP contribution in [0.2, 0.25) is 0 Å². The lowest BCUT2D eigenvalue weighted by Crippen LogP contribution is -2.12. The van der Waals surface area contributed by atoms with Crippen LogP contribution in [0.15, 0.2) is 0 Å². The van der Waals surface area contributed by atoms with Crippen LogP contribution in [0, 0.1) is 0 Å². The highest BCUT2D eigenvalue weighted by molar-refractivity contribution is 5.03. The summed E-state index contributed by atoms with van der Waals surface area (Å²) < 4.78 is 7.44. The fourth-order valence-electron chi connectivity index (χ4n) is 1.88. The van der Waals surface area contributed by atoms with E-state index in [0.29, 0.717) is 12.5 Å². The molecule has 78 valence electrons. The lowest BCUT2D eigenvalue weighted by atomic mass is 10.1. The normalized spacial score (nSPS) is 21.7. The van der Waals surface area contributed by atoms with E-state index in [9.17, 15) is 0 Å². The monoisotopic (exact) mass is 196 g/mol. The molecular weight excluding hydrogens is 180 g/mol. The van der Waals surface area contributed by atoms with Crippen molar-refractivity contribution in [2.45, 2.75) is 32.4 Å². The van der Waals surface area contributed by atoms with E-state index in [1.165, 1.54) is 0 Å². The van der Waals surface area contributed by atoms with Crippen LogP contribution in [0.5, 0.6) is 0 Å². The van der Waals surface area contributed by atoms with Crippen molar-refractivity contribution >= 4 is 0 Å². The molecule has 14 heavy (non-hydrogen) atoms. The van der Waals surface area contributed by atoms with Crippen LogP contribution in [0.1, 0.15) is 30.9 Å². The zero-order valence-electron chi connectivity index (χ0n) is 8.44. The van der Waals surface area contributed by atoms with Crippen LogP contribution >= 0.6 is 0 Å². The molecule has 2 rings (SSSR count). The van der Waals surface area contributed by atoms with Gasteiger partial charge in [0.2, 0.25) is 0 Å². The predicted octanol–water partition coefficient (Wildman–Crippen LogP) is 0.261. The van der Waals surface area contributed by atoms with Gasteiger partial charge in [-0.25, -0.2) is 0 Å². The number of nitrogens with two attached hydrogens (primary N) is 1. The molecule has 1 saturated heterocycles. The first-order valence-electron chi connectivity index (χ1n) is 5.06. The molecule has 2 heterocycles. The third-order valence-corrected chi connectivity index (χ3v) is 2.65. The molecule has 2 N–H and O–H groups in total. The Morgan fingerprint density at radius 2 is 2.43 bits per heavy atom. The Labute approximate surface area is 83.3 Å². The van der Waals surface area contributed by atoms with Gasteiger partial charge in [0.25, 0.3) is 0 Å². The van der Waals surface area contributed by atoms with Gasteiger partial charge in [-0.3, -0.25) is 0 Å². The highest BCUT2D eigenvalue weighted by Crippen LogP contribution is 2.23. The molecule has 1 fully saturated rings. The molecule has 1 atom stereocenters. The van der Waals surface area contributed by atoms with E-state index in [0.717, 1.165) is 37.8 Å². The standard InChI is InChI=1S/C9H16N4O/c1-2-13-8(5-10)11-12-9(13)7-3-4-14-6-7/h7H,2-6,10H2,1H3. The van der Waals surface area contributed by atoms with E-state index >= 15 is 0 Å². The number of rotatable bonds is 3. The van der Waals surface area contributed by atoms with Crippen molar-refractivity contribution in [3.05, 3.63) is 11.6 Å². The lowest BCUT2D eigenvalue weighted by molar-refractivity contribution is 0.192. The van der Waals surface area contributed by atoms with Gasteiger partial charge in [-0.1, -0.05) is 0 Å². The zero-order valence-corrected chi connectivity index (χ0v) is 8.44. The molecule has 1 unspecified atom stereocenters. The first kappa shape index (κ1) is 9.61. The Kier molecular flexibility index (Phi) is 2.79. The summed E-state index contributed by atoms with van der Waals surface area (Å²) in [6.45, 7) is 5.02. The molecule has 5 heteroatoms. The van der Waals surface area contributed by atoms with Gasteiger partial charge in [-0.15, -0.1) is 10.2 Å². The second kappa shape index (κ2) is 4.06. The van der Waals surface area contributed by atoms with E-state index in [-0.39, 0.29) is 0 Å². The summed E-state index contributed by atoms with van der Waals surface area (Å²) in [5, 5.41) is 8.28. The number of aromatic nitrogens is 3. The van der Waals surface area contributed by atoms with Crippen molar-refractivity contribution in [2.75, 3.05) is 13.2 Å². The molecular formula is C9H16N4O. The van der Waals surface area contributed by atoms with Crippen LogP contribution in [0.4, 0.5) is 0 Å². The SMILES string of the molecule is CCn1c(CN)nnc1C1CCOC1. The van der Waals surface area contributed by atoms with Crippen molar-refractivity contribution < 1.29 is 4.74 Å². The summed E-state index contributed by atoms with van der Waals surface area (Å²) >= 11 is 0. The average molecular weight is 196 g/mol. The van der Waals surface area contributed by atoms with E-state index < -0.39 is 0 Å². The largest absolute Gasteiger partial charge is 0.381 e. The molecule has 0 aromatic carbocycles. The molecule has 5 nitrogen and oxygen atoms in total. The molecule has 0 radical (unpaired) electrons. The summed E-state index contributed by atoms with van der Waals surface area (Å²) in [6, 6.07) is 0. The van der Waals surface area contributed by atoms with Crippen LogP contribution < -0.4 is 5.73 Å². The van der Waals surface area contributed by atoms with E-state index in [2.05, 4.69) is 21.7 Å². The summed E-state index contributed by atoms with van der Waals surface area (Å²) in [7, 11) is 0. The van der Waals surface area contributed by atoms with E-state index in [1.807, 2.05) is 0 Å². The van der Waals surface area contributed by atoms with Crippen LogP contribution in [-0.4, -0.2) is 28.0 Å². The van der Waals surface area contributed by atoms with Crippen LogP contribution in [0.25, 0.3) is 0 Å². The molecule has 0 spiro atoms. The van der Waals surface area contributed by atoms with Gasteiger partial charge in [0.05, 0.1) is 13.2 Å². The van der Waals surface area contributed by atoms with Crippen molar-refractivity contribution in [3.63, 3.8) is 0 Å². The predicted molar refractivity (Wildman–Crippen MR) is 51.8 cm³/mol. The number of hydrogen-bond donors (Lipinski definition) is 1. The Bertz CT molecular complexity index is 304. The fraction of sp³-hybridized carbons (Fsp3) is 0.778.